The lowest BCUT2D eigenvalue weighted by atomic mass is 9.88. The van der Waals surface area contributed by atoms with Gasteiger partial charge in [0.05, 0.1) is 5.56 Å². The molecule has 0 radical (unpaired) electrons. The van der Waals surface area contributed by atoms with E-state index < -0.39 is 0 Å². The summed E-state index contributed by atoms with van der Waals surface area (Å²) in [5.74, 6) is 1.15. The molecule has 0 spiro atoms. The zero-order chi connectivity index (χ0) is 19.0. The number of nitrogens with one attached hydrogen (secondary N) is 2. The van der Waals surface area contributed by atoms with Crippen LogP contribution in [0.15, 0.2) is 18.2 Å². The first-order valence-electron chi connectivity index (χ1n) is 10.0. The van der Waals surface area contributed by atoms with E-state index in [2.05, 4.69) is 10.3 Å². The molecule has 1 heterocycles. The van der Waals surface area contributed by atoms with Crippen LogP contribution in [0.3, 0.4) is 0 Å². The second kappa shape index (κ2) is 7.25. The molecule has 2 aliphatic carbocycles. The number of H-pyrrole nitrogens is 1. The van der Waals surface area contributed by atoms with E-state index in [0.717, 1.165) is 42.3 Å². The van der Waals surface area contributed by atoms with Gasteiger partial charge in [0.2, 0.25) is 5.91 Å². The maximum atomic E-state index is 12.8. The second-order valence-electron chi connectivity index (χ2n) is 8.03. The monoisotopic (exact) mass is 368 g/mol. The number of hydrogen-bond acceptors (Lipinski definition) is 3. The third kappa shape index (κ3) is 3.66. The Labute approximate surface area is 159 Å². The van der Waals surface area contributed by atoms with Gasteiger partial charge in [0.1, 0.15) is 5.82 Å². The van der Waals surface area contributed by atoms with Crippen LogP contribution in [0.25, 0.3) is 10.9 Å². The highest BCUT2D eigenvalue weighted by atomic mass is 16.2. The number of nitrogens with two attached hydrogens (primary N) is 1. The Hall–Kier alpha value is -2.50. The summed E-state index contributed by atoms with van der Waals surface area (Å²) in [6, 6.07) is 5.69. The highest BCUT2D eigenvalue weighted by Gasteiger charge is 2.26. The summed E-state index contributed by atoms with van der Waals surface area (Å²) in [4.78, 5) is 30.2. The molecule has 27 heavy (non-hydrogen) atoms. The minimum atomic E-state index is -0.134. The average molecular weight is 368 g/mol. The predicted molar refractivity (Wildman–Crippen MR) is 108 cm³/mol. The average Bonchev–Trinajstić information content (AvgIpc) is 3.46. The number of anilines is 2. The largest absolute Gasteiger partial charge is 0.385 e. The molecule has 144 valence electrons. The van der Waals surface area contributed by atoms with Gasteiger partial charge in [0, 0.05) is 36.1 Å². The van der Waals surface area contributed by atoms with Gasteiger partial charge >= 0.3 is 0 Å². The lowest BCUT2D eigenvalue weighted by Crippen LogP contribution is -2.33. The van der Waals surface area contributed by atoms with E-state index in [4.69, 9.17) is 5.73 Å². The van der Waals surface area contributed by atoms with Crippen LogP contribution >= 0.6 is 0 Å². The van der Waals surface area contributed by atoms with Crippen molar-refractivity contribution in [3.05, 3.63) is 23.8 Å². The molecule has 0 bridgehead atoms. The summed E-state index contributed by atoms with van der Waals surface area (Å²) in [6.45, 7) is 0.710. The molecule has 0 atom stereocenters. The second-order valence-corrected chi connectivity index (χ2v) is 8.03. The van der Waals surface area contributed by atoms with Gasteiger partial charge in [-0.25, -0.2) is 0 Å². The number of fused-ring (bicyclic) bond motifs is 1. The van der Waals surface area contributed by atoms with Crippen LogP contribution in [0.5, 0.6) is 0 Å². The summed E-state index contributed by atoms with van der Waals surface area (Å²) < 4.78 is 0. The Bertz CT molecular complexity index is 862. The number of amides is 2. The SMILES string of the molecule is CN(C(=O)C1CCCCC1)c1ccc2c(C(=O)NCC3CC3)c(N)[nH]c2c1. The Morgan fingerprint density at radius 2 is 1.93 bits per heavy atom. The zero-order valence-electron chi connectivity index (χ0n) is 15.9. The molecule has 2 aliphatic rings. The highest BCUT2D eigenvalue weighted by molar-refractivity contribution is 6.12. The summed E-state index contributed by atoms with van der Waals surface area (Å²) in [5.41, 5.74) is 8.19. The van der Waals surface area contributed by atoms with Gasteiger partial charge < -0.3 is 20.9 Å². The highest BCUT2D eigenvalue weighted by Crippen LogP contribution is 2.31. The van der Waals surface area contributed by atoms with Crippen molar-refractivity contribution in [3.8, 4) is 0 Å². The lowest BCUT2D eigenvalue weighted by Gasteiger charge is -2.26. The first-order chi connectivity index (χ1) is 13.0. The lowest BCUT2D eigenvalue weighted by molar-refractivity contribution is -0.123. The van der Waals surface area contributed by atoms with Gasteiger partial charge in [0.15, 0.2) is 0 Å². The Morgan fingerprint density at radius 3 is 2.63 bits per heavy atom. The summed E-state index contributed by atoms with van der Waals surface area (Å²) >= 11 is 0. The fourth-order valence-electron chi connectivity index (χ4n) is 4.06. The van der Waals surface area contributed by atoms with Gasteiger partial charge in [-0.2, -0.15) is 0 Å². The summed E-state index contributed by atoms with van der Waals surface area (Å²) in [7, 11) is 1.83. The predicted octanol–water partition coefficient (Wildman–Crippen LogP) is 3.43. The van der Waals surface area contributed by atoms with E-state index in [1.54, 1.807) is 4.90 Å². The van der Waals surface area contributed by atoms with E-state index in [-0.39, 0.29) is 17.7 Å². The van der Waals surface area contributed by atoms with Crippen LogP contribution in [0.1, 0.15) is 55.3 Å². The van der Waals surface area contributed by atoms with Crippen molar-refractivity contribution in [3.63, 3.8) is 0 Å². The van der Waals surface area contributed by atoms with Crippen molar-refractivity contribution < 1.29 is 9.59 Å². The minimum Gasteiger partial charge on any atom is -0.385 e. The van der Waals surface area contributed by atoms with E-state index in [0.29, 0.717) is 23.8 Å². The van der Waals surface area contributed by atoms with E-state index in [1.807, 2.05) is 25.2 Å². The van der Waals surface area contributed by atoms with Crippen LogP contribution in [-0.4, -0.2) is 30.4 Å². The van der Waals surface area contributed by atoms with E-state index in [1.165, 1.54) is 19.3 Å². The normalized spacial score (nSPS) is 17.8. The number of nitrogen functional groups attached to an aromatic ring is 1. The number of hydrogen-bond donors (Lipinski definition) is 3. The standard InChI is InChI=1S/C21H28N4O2/c1-25(21(27)14-5-3-2-4-6-14)15-9-10-16-17(11-15)24-19(22)18(16)20(26)23-12-13-7-8-13/h9-11,13-14,24H,2-8,12,22H2,1H3,(H,23,26). The van der Waals surface area contributed by atoms with Crippen LogP contribution < -0.4 is 16.0 Å². The fourth-order valence-corrected chi connectivity index (χ4v) is 4.06. The Balaban J connectivity index is 1.55. The third-order valence-electron chi connectivity index (χ3n) is 5.96. The van der Waals surface area contributed by atoms with Gasteiger partial charge in [-0.3, -0.25) is 9.59 Å². The van der Waals surface area contributed by atoms with Gasteiger partial charge in [-0.05, 0) is 49.8 Å². The number of carbonyl (C=O) groups excluding carboxylic acids is 2. The molecule has 4 N–H and O–H groups in total. The number of carbonyl (C=O) groups is 2. The van der Waals surface area contributed by atoms with Crippen molar-refractivity contribution in [1.82, 2.24) is 10.3 Å². The maximum absolute atomic E-state index is 12.8. The van der Waals surface area contributed by atoms with Crippen molar-refractivity contribution in [2.24, 2.45) is 11.8 Å². The molecular weight excluding hydrogens is 340 g/mol. The molecule has 0 saturated heterocycles. The summed E-state index contributed by atoms with van der Waals surface area (Å²) in [5, 5.41) is 3.77. The van der Waals surface area contributed by atoms with Crippen molar-refractivity contribution in [1.29, 1.82) is 0 Å². The third-order valence-corrected chi connectivity index (χ3v) is 5.96. The maximum Gasteiger partial charge on any atom is 0.255 e. The molecule has 6 heteroatoms. The van der Waals surface area contributed by atoms with Crippen LogP contribution in [-0.2, 0) is 4.79 Å². The molecule has 2 saturated carbocycles. The van der Waals surface area contributed by atoms with Crippen molar-refractivity contribution in [2.75, 3.05) is 24.2 Å². The van der Waals surface area contributed by atoms with E-state index >= 15 is 0 Å². The smallest absolute Gasteiger partial charge is 0.255 e. The summed E-state index contributed by atoms with van der Waals surface area (Å²) in [6.07, 6.45) is 7.83. The molecule has 2 aromatic rings. The van der Waals surface area contributed by atoms with Gasteiger partial charge in [0.25, 0.3) is 5.91 Å². The number of nitrogens with zero attached hydrogens (tertiary/aromatic N) is 1. The number of aromatic nitrogens is 1. The molecule has 4 rings (SSSR count). The number of rotatable bonds is 5. The molecule has 1 aromatic heterocycles. The zero-order valence-corrected chi connectivity index (χ0v) is 15.9. The van der Waals surface area contributed by atoms with Crippen molar-refractivity contribution >= 4 is 34.2 Å². The molecule has 1 aromatic carbocycles. The van der Waals surface area contributed by atoms with Gasteiger partial charge in [-0.1, -0.05) is 19.3 Å². The van der Waals surface area contributed by atoms with Crippen LogP contribution in [0.4, 0.5) is 11.5 Å². The fraction of sp³-hybridized carbons (Fsp3) is 0.524. The first kappa shape index (κ1) is 17.9. The molecular formula is C21H28N4O2. The van der Waals surface area contributed by atoms with Gasteiger partial charge in [-0.15, -0.1) is 0 Å². The molecule has 0 aliphatic heterocycles. The van der Waals surface area contributed by atoms with Crippen LogP contribution in [0.2, 0.25) is 0 Å². The Kier molecular flexibility index (Phi) is 4.81. The van der Waals surface area contributed by atoms with Crippen LogP contribution in [0, 0.1) is 11.8 Å². The molecule has 2 fully saturated rings. The van der Waals surface area contributed by atoms with E-state index in [9.17, 15) is 9.59 Å². The number of benzene rings is 1. The molecule has 2 amide bonds. The van der Waals surface area contributed by atoms with Crippen molar-refractivity contribution in [2.45, 2.75) is 44.9 Å². The minimum absolute atomic E-state index is 0.122. The molecule has 0 unspecified atom stereocenters. The topological polar surface area (TPSA) is 91.2 Å². The first-order valence-corrected chi connectivity index (χ1v) is 10.0. The quantitative estimate of drug-likeness (QED) is 0.755. The number of aromatic amines is 1. The Morgan fingerprint density at radius 1 is 1.19 bits per heavy atom. The molecule has 6 nitrogen and oxygen atoms in total.